The van der Waals surface area contributed by atoms with Gasteiger partial charge in [-0.05, 0) is 64.6 Å². The monoisotopic (exact) mass is 595 g/mol. The van der Waals surface area contributed by atoms with Gasteiger partial charge in [0.15, 0.2) is 17.7 Å². The molecule has 1 saturated carbocycles. The predicted octanol–water partition coefficient (Wildman–Crippen LogP) is 5.52. The van der Waals surface area contributed by atoms with Crippen LogP contribution in [0.2, 0.25) is 0 Å². The first kappa shape index (κ1) is 28.3. The van der Waals surface area contributed by atoms with Gasteiger partial charge in [-0.25, -0.2) is 14.6 Å². The highest BCUT2D eigenvalue weighted by Crippen LogP contribution is 2.47. The van der Waals surface area contributed by atoms with Crippen LogP contribution in [0.3, 0.4) is 0 Å². The number of aromatic nitrogens is 4. The number of fused-ring (bicyclic) bond motifs is 2. The van der Waals surface area contributed by atoms with Crippen molar-refractivity contribution in [2.45, 2.75) is 89.4 Å². The molecule has 0 unspecified atom stereocenters. The number of hydrogen-bond donors (Lipinski definition) is 0. The van der Waals surface area contributed by atoms with Gasteiger partial charge in [0.2, 0.25) is 0 Å². The van der Waals surface area contributed by atoms with Crippen LogP contribution in [0.5, 0.6) is 5.75 Å². The number of aryl methyl sites for hydroxylation is 1. The maximum absolute atomic E-state index is 12.3. The van der Waals surface area contributed by atoms with E-state index in [1.54, 1.807) is 13.3 Å². The first-order valence-electron chi connectivity index (χ1n) is 15.2. The first-order chi connectivity index (χ1) is 20.0. The van der Waals surface area contributed by atoms with Gasteiger partial charge < -0.3 is 28.4 Å². The normalized spacial score (nSPS) is 28.3. The highest BCUT2D eigenvalue weighted by molar-refractivity contribution is 7.61. The molecule has 4 aliphatic rings. The molecular weight excluding hydrogens is 553 g/mol. The van der Waals surface area contributed by atoms with Gasteiger partial charge in [-0.15, -0.1) is 0 Å². The van der Waals surface area contributed by atoms with Crippen LogP contribution in [0.25, 0.3) is 11.0 Å². The summed E-state index contributed by atoms with van der Waals surface area (Å²) < 4.78 is 39.7. The second kappa shape index (κ2) is 10.3. The maximum Gasteiger partial charge on any atom is 0.181 e. The zero-order valence-corrected chi connectivity index (χ0v) is 26.2. The standard InChI is InChI=1S/C31H42N5O5P/c1-20-33-27(35-18-31(19-35)12-7-6-8-13-31)23-15-32-36(28(23)34-20)29-26-25(40-30(2,3)41-26)24(39-29)16-38-22-11-9-10-21(14-22)17-42(4,5)37/h9-11,14-15,24-26,29H,6-8,12-13,16-19H2,1-5H3/t24-,25-,26-,29-/m1/s1. The van der Waals surface area contributed by atoms with E-state index < -0.39 is 19.2 Å². The van der Waals surface area contributed by atoms with Crippen molar-refractivity contribution in [2.75, 3.05) is 37.9 Å². The molecular formula is C31H42N5O5P. The largest absolute Gasteiger partial charge is 0.491 e. The van der Waals surface area contributed by atoms with E-state index >= 15 is 0 Å². The molecule has 4 fully saturated rings. The lowest BCUT2D eigenvalue weighted by Crippen LogP contribution is -2.57. The van der Waals surface area contributed by atoms with Crippen LogP contribution < -0.4 is 9.64 Å². The molecule has 7 rings (SSSR count). The highest BCUT2D eigenvalue weighted by atomic mass is 31.2. The second-order valence-corrected chi connectivity index (χ2v) is 17.1. The SMILES string of the molecule is Cc1nc(N2CC3(CCCCC3)C2)c2cnn([C@@H]3O[C@H](COc4cccc(CP(C)(C)=O)c4)[C@H]4OC(C)(C)O[C@H]43)c2n1. The van der Waals surface area contributed by atoms with E-state index in [1.807, 2.05) is 55.9 Å². The quantitative estimate of drug-likeness (QED) is 0.327. The number of anilines is 1. The van der Waals surface area contributed by atoms with Crippen molar-refractivity contribution in [1.82, 2.24) is 19.7 Å². The van der Waals surface area contributed by atoms with Crippen molar-refractivity contribution in [2.24, 2.45) is 5.41 Å². The molecule has 0 amide bonds. The number of hydrogen-bond acceptors (Lipinski definition) is 9. The van der Waals surface area contributed by atoms with Gasteiger partial charge in [0.1, 0.15) is 42.3 Å². The Balaban J connectivity index is 1.13. The fourth-order valence-corrected chi connectivity index (χ4v) is 8.39. The lowest BCUT2D eigenvalue weighted by Gasteiger charge is -2.53. The van der Waals surface area contributed by atoms with Gasteiger partial charge in [-0.1, -0.05) is 31.4 Å². The fraction of sp³-hybridized carbons (Fsp3) is 0.645. The highest BCUT2D eigenvalue weighted by Gasteiger charge is 2.57. The third-order valence-corrected chi connectivity index (χ3v) is 10.2. The minimum absolute atomic E-state index is 0.283. The minimum atomic E-state index is -2.19. The molecule has 0 bridgehead atoms. The number of ether oxygens (including phenoxy) is 4. The Hall–Kier alpha value is -2.52. The second-order valence-electron chi connectivity index (χ2n) is 13.7. The van der Waals surface area contributed by atoms with Crippen molar-refractivity contribution in [3.8, 4) is 5.75 Å². The van der Waals surface area contributed by atoms with E-state index in [4.69, 9.17) is 34.0 Å². The average molecular weight is 596 g/mol. The van der Waals surface area contributed by atoms with Gasteiger partial charge in [0.25, 0.3) is 0 Å². The molecule has 10 nitrogen and oxygen atoms in total. The Kier molecular flexibility index (Phi) is 6.92. The molecule has 1 aliphatic carbocycles. The zero-order chi connectivity index (χ0) is 29.3. The molecule has 1 spiro atoms. The summed E-state index contributed by atoms with van der Waals surface area (Å²) >= 11 is 0. The molecule has 0 radical (unpaired) electrons. The summed E-state index contributed by atoms with van der Waals surface area (Å²) in [6.07, 6.45) is 7.45. The van der Waals surface area contributed by atoms with Crippen LogP contribution in [0.15, 0.2) is 30.5 Å². The average Bonchev–Trinajstić information content (AvgIpc) is 3.56. The summed E-state index contributed by atoms with van der Waals surface area (Å²) in [6.45, 7) is 11.8. The van der Waals surface area contributed by atoms with Crippen molar-refractivity contribution < 1.29 is 23.5 Å². The molecule has 5 heterocycles. The number of rotatable bonds is 7. The van der Waals surface area contributed by atoms with Crippen LogP contribution >= 0.6 is 7.14 Å². The smallest absolute Gasteiger partial charge is 0.181 e. The Morgan fingerprint density at radius 3 is 2.60 bits per heavy atom. The number of benzene rings is 1. The van der Waals surface area contributed by atoms with Gasteiger partial charge in [-0.3, -0.25) is 0 Å². The lowest BCUT2D eigenvalue weighted by atomic mass is 9.68. The Morgan fingerprint density at radius 1 is 1.07 bits per heavy atom. The van der Waals surface area contributed by atoms with Crippen molar-refractivity contribution >= 4 is 24.0 Å². The Morgan fingerprint density at radius 2 is 1.83 bits per heavy atom. The molecule has 11 heteroatoms. The van der Waals surface area contributed by atoms with Gasteiger partial charge >= 0.3 is 0 Å². The first-order valence-corrected chi connectivity index (χ1v) is 18.0. The van der Waals surface area contributed by atoms with Crippen LogP contribution in [0, 0.1) is 12.3 Å². The molecule has 42 heavy (non-hydrogen) atoms. The summed E-state index contributed by atoms with van der Waals surface area (Å²) in [5, 5.41) is 5.73. The Labute approximate surface area is 247 Å². The molecule has 4 atom stereocenters. The summed E-state index contributed by atoms with van der Waals surface area (Å²) in [4.78, 5) is 12.1. The molecule has 2 aromatic heterocycles. The molecule has 3 aromatic rings. The van der Waals surface area contributed by atoms with Gasteiger partial charge in [0, 0.05) is 24.7 Å². The van der Waals surface area contributed by atoms with Gasteiger partial charge in [0.05, 0.1) is 18.7 Å². The van der Waals surface area contributed by atoms with Crippen LogP contribution in [-0.4, -0.2) is 76.9 Å². The van der Waals surface area contributed by atoms with Crippen LogP contribution in [-0.2, 0) is 24.9 Å². The topological polar surface area (TPSA) is 101 Å². The van der Waals surface area contributed by atoms with E-state index in [-0.39, 0.29) is 24.9 Å². The van der Waals surface area contributed by atoms with Crippen molar-refractivity contribution in [1.29, 1.82) is 0 Å². The molecule has 3 saturated heterocycles. The molecule has 0 N–H and O–H groups in total. The van der Waals surface area contributed by atoms with Crippen molar-refractivity contribution in [3.63, 3.8) is 0 Å². The van der Waals surface area contributed by atoms with Crippen molar-refractivity contribution in [3.05, 3.63) is 41.9 Å². The third-order valence-electron chi connectivity index (χ3n) is 9.05. The summed E-state index contributed by atoms with van der Waals surface area (Å²) in [6, 6.07) is 7.78. The molecule has 226 valence electrons. The molecule has 1 aromatic carbocycles. The third kappa shape index (κ3) is 5.36. The Bertz CT molecular complexity index is 1520. The molecule has 3 aliphatic heterocycles. The number of nitrogens with zero attached hydrogens (tertiary/aromatic N) is 5. The maximum atomic E-state index is 12.3. The van der Waals surface area contributed by atoms with E-state index in [0.29, 0.717) is 23.2 Å². The summed E-state index contributed by atoms with van der Waals surface area (Å²) in [5.41, 5.74) is 2.19. The lowest BCUT2D eigenvalue weighted by molar-refractivity contribution is -0.200. The van der Waals surface area contributed by atoms with E-state index in [0.717, 1.165) is 35.5 Å². The van der Waals surface area contributed by atoms with E-state index in [9.17, 15) is 4.57 Å². The summed E-state index contributed by atoms with van der Waals surface area (Å²) in [7, 11) is -2.19. The van der Waals surface area contributed by atoms with Gasteiger partial charge in [-0.2, -0.15) is 5.10 Å². The van der Waals surface area contributed by atoms with E-state index in [2.05, 4.69) is 4.90 Å². The predicted molar refractivity (Wildman–Crippen MR) is 161 cm³/mol. The van der Waals surface area contributed by atoms with Crippen LogP contribution in [0.1, 0.15) is 63.6 Å². The van der Waals surface area contributed by atoms with Crippen LogP contribution in [0.4, 0.5) is 5.82 Å². The van der Waals surface area contributed by atoms with E-state index in [1.165, 1.54) is 32.1 Å². The fourth-order valence-electron chi connectivity index (χ4n) is 7.32. The minimum Gasteiger partial charge on any atom is -0.491 e. The zero-order valence-electron chi connectivity index (χ0n) is 25.3. The summed E-state index contributed by atoms with van der Waals surface area (Å²) in [5.74, 6) is 1.63.